The van der Waals surface area contributed by atoms with E-state index < -0.39 is 0 Å². The number of carbonyl (C=O) groups excluding carboxylic acids is 1. The highest BCUT2D eigenvalue weighted by molar-refractivity contribution is 6.36. The predicted octanol–water partition coefficient (Wildman–Crippen LogP) is 3.80. The van der Waals surface area contributed by atoms with Crippen LogP contribution in [0.25, 0.3) is 0 Å². The van der Waals surface area contributed by atoms with Gasteiger partial charge in [-0.2, -0.15) is 0 Å². The van der Waals surface area contributed by atoms with Crippen LogP contribution >= 0.6 is 48.0 Å². The Hall–Kier alpha value is -0.460. The number of amides is 1. The van der Waals surface area contributed by atoms with Gasteiger partial charge in [0, 0.05) is 38.4 Å². The van der Waals surface area contributed by atoms with E-state index in [0.717, 1.165) is 25.3 Å². The van der Waals surface area contributed by atoms with Crippen LogP contribution in [0.5, 0.6) is 0 Å². The first-order valence-corrected chi connectivity index (χ1v) is 9.98. The Morgan fingerprint density at radius 2 is 1.81 bits per heavy atom. The number of halogens is 4. The van der Waals surface area contributed by atoms with Crippen molar-refractivity contribution in [1.29, 1.82) is 0 Å². The summed E-state index contributed by atoms with van der Waals surface area (Å²) in [5.74, 6) is 1.72. The van der Waals surface area contributed by atoms with Gasteiger partial charge in [-0.05, 0) is 31.2 Å². The molecule has 3 unspecified atom stereocenters. The summed E-state index contributed by atoms with van der Waals surface area (Å²) in [4.78, 5) is 21.4. The minimum Gasteiger partial charge on any atom is -0.352 e. The van der Waals surface area contributed by atoms with Crippen LogP contribution in [-0.2, 0) is 4.79 Å². The summed E-state index contributed by atoms with van der Waals surface area (Å²) in [6, 6.07) is 2.28. The number of anilines is 1. The third-order valence-corrected chi connectivity index (χ3v) is 6.32. The fourth-order valence-electron chi connectivity index (χ4n) is 4.51. The lowest BCUT2D eigenvalue weighted by molar-refractivity contribution is -0.133. The van der Waals surface area contributed by atoms with Gasteiger partial charge in [-0.25, -0.2) is 4.98 Å². The van der Waals surface area contributed by atoms with E-state index in [-0.39, 0.29) is 36.8 Å². The Morgan fingerprint density at radius 3 is 2.48 bits per heavy atom. The molecule has 3 atom stereocenters. The van der Waals surface area contributed by atoms with E-state index in [0.29, 0.717) is 35.1 Å². The summed E-state index contributed by atoms with van der Waals surface area (Å²) >= 11 is 12.2. The topological polar surface area (TPSA) is 48.5 Å². The van der Waals surface area contributed by atoms with Crippen LogP contribution in [0.15, 0.2) is 12.3 Å². The highest BCUT2D eigenvalue weighted by atomic mass is 35.5. The zero-order valence-electron chi connectivity index (χ0n) is 15.1. The third-order valence-electron chi connectivity index (χ3n) is 5.84. The molecule has 3 aliphatic rings. The van der Waals surface area contributed by atoms with Crippen molar-refractivity contribution in [3.63, 3.8) is 0 Å². The Morgan fingerprint density at radius 1 is 1.11 bits per heavy atom. The standard InChI is InChI=1S/C18H24Cl2N4O.2ClH/c19-13-10-14(20)17(21-11-13)23-5-7-24(8-6-23)18(25)16-9-12-3-1-2-4-15(12)22-16;;/h10-12,15-16,22H,1-9H2;2*1H. The van der Waals surface area contributed by atoms with E-state index in [4.69, 9.17) is 23.2 Å². The predicted molar refractivity (Wildman–Crippen MR) is 115 cm³/mol. The molecule has 27 heavy (non-hydrogen) atoms. The largest absolute Gasteiger partial charge is 0.352 e. The van der Waals surface area contributed by atoms with Gasteiger partial charge < -0.3 is 15.1 Å². The Labute approximate surface area is 183 Å². The van der Waals surface area contributed by atoms with Crippen molar-refractivity contribution in [3.05, 3.63) is 22.3 Å². The second-order valence-corrected chi connectivity index (χ2v) is 8.22. The number of rotatable bonds is 2. The molecular weight excluding hydrogens is 430 g/mol. The minimum atomic E-state index is 0. The molecule has 152 valence electrons. The SMILES string of the molecule is Cl.Cl.O=C(C1CC2CCCCC2N1)N1CCN(c2ncc(Cl)cc2Cl)CC1. The number of piperazine rings is 1. The van der Waals surface area contributed by atoms with E-state index in [2.05, 4.69) is 15.2 Å². The number of aromatic nitrogens is 1. The first kappa shape index (κ1) is 22.8. The van der Waals surface area contributed by atoms with E-state index >= 15 is 0 Å². The molecule has 1 aromatic heterocycles. The van der Waals surface area contributed by atoms with Crippen molar-refractivity contribution in [1.82, 2.24) is 15.2 Å². The molecule has 2 saturated heterocycles. The molecule has 9 heteroatoms. The lowest BCUT2D eigenvalue weighted by Gasteiger charge is -2.37. The maximum Gasteiger partial charge on any atom is 0.239 e. The van der Waals surface area contributed by atoms with Crippen molar-refractivity contribution in [2.45, 2.75) is 44.2 Å². The highest BCUT2D eigenvalue weighted by Gasteiger charge is 2.40. The van der Waals surface area contributed by atoms with Crippen molar-refractivity contribution < 1.29 is 4.79 Å². The van der Waals surface area contributed by atoms with Crippen molar-refractivity contribution in [3.8, 4) is 0 Å². The van der Waals surface area contributed by atoms with E-state index in [9.17, 15) is 4.79 Å². The van der Waals surface area contributed by atoms with Gasteiger partial charge >= 0.3 is 0 Å². The molecular formula is C18H26Cl4N4O. The van der Waals surface area contributed by atoms with Crippen molar-refractivity contribution in [2.75, 3.05) is 31.1 Å². The van der Waals surface area contributed by atoms with E-state index in [1.165, 1.54) is 25.7 Å². The number of fused-ring (bicyclic) bond motifs is 1. The summed E-state index contributed by atoms with van der Waals surface area (Å²) < 4.78 is 0. The molecule has 0 bridgehead atoms. The second kappa shape index (κ2) is 9.84. The first-order valence-electron chi connectivity index (χ1n) is 9.22. The van der Waals surface area contributed by atoms with Gasteiger partial charge in [-0.15, -0.1) is 24.8 Å². The monoisotopic (exact) mass is 454 g/mol. The number of hydrogen-bond donors (Lipinski definition) is 1. The van der Waals surface area contributed by atoms with Gasteiger partial charge in [0.1, 0.15) is 5.82 Å². The van der Waals surface area contributed by atoms with Gasteiger partial charge in [-0.1, -0.05) is 36.0 Å². The van der Waals surface area contributed by atoms with Crippen LogP contribution in [-0.4, -0.2) is 54.1 Å². The number of nitrogens with zero attached hydrogens (tertiary/aromatic N) is 3. The molecule has 1 amide bonds. The van der Waals surface area contributed by atoms with E-state index in [1.807, 2.05) is 4.90 Å². The normalized spacial score (nSPS) is 27.4. The molecule has 4 rings (SSSR count). The lowest BCUT2D eigenvalue weighted by atomic mass is 9.85. The highest BCUT2D eigenvalue weighted by Crippen LogP contribution is 2.34. The molecule has 0 radical (unpaired) electrons. The summed E-state index contributed by atoms with van der Waals surface area (Å²) in [7, 11) is 0. The molecule has 0 aromatic carbocycles. The average molecular weight is 456 g/mol. The fourth-order valence-corrected chi connectivity index (χ4v) is 5.01. The van der Waals surface area contributed by atoms with Crippen molar-refractivity contribution >= 4 is 59.7 Å². The Balaban J connectivity index is 0.00000131. The van der Waals surface area contributed by atoms with Crippen LogP contribution in [0.2, 0.25) is 10.0 Å². The average Bonchev–Trinajstić information content (AvgIpc) is 3.05. The van der Waals surface area contributed by atoms with Gasteiger partial charge in [0.05, 0.1) is 16.1 Å². The summed E-state index contributed by atoms with van der Waals surface area (Å²) in [5.41, 5.74) is 0. The van der Waals surface area contributed by atoms with Gasteiger partial charge in [0.15, 0.2) is 0 Å². The first-order chi connectivity index (χ1) is 12.1. The van der Waals surface area contributed by atoms with Gasteiger partial charge in [0.25, 0.3) is 0 Å². The van der Waals surface area contributed by atoms with Crippen LogP contribution < -0.4 is 10.2 Å². The molecule has 1 N–H and O–H groups in total. The molecule has 3 fully saturated rings. The number of pyridine rings is 1. The van der Waals surface area contributed by atoms with Crippen molar-refractivity contribution in [2.24, 2.45) is 5.92 Å². The summed E-state index contributed by atoms with van der Waals surface area (Å²) in [6.07, 6.45) is 7.73. The summed E-state index contributed by atoms with van der Waals surface area (Å²) in [6.45, 7) is 2.93. The molecule has 1 aromatic rings. The summed E-state index contributed by atoms with van der Waals surface area (Å²) in [5, 5.41) is 4.70. The molecule has 1 aliphatic carbocycles. The zero-order chi connectivity index (χ0) is 17.4. The molecule has 3 heterocycles. The Kier molecular flexibility index (Phi) is 8.32. The van der Waals surface area contributed by atoms with Gasteiger partial charge in [-0.3, -0.25) is 4.79 Å². The second-order valence-electron chi connectivity index (χ2n) is 7.38. The quantitative estimate of drug-likeness (QED) is 0.736. The van der Waals surface area contributed by atoms with Crippen LogP contribution in [0.3, 0.4) is 0 Å². The molecule has 1 saturated carbocycles. The molecule has 5 nitrogen and oxygen atoms in total. The maximum absolute atomic E-state index is 12.9. The zero-order valence-corrected chi connectivity index (χ0v) is 18.2. The lowest BCUT2D eigenvalue weighted by Crippen LogP contribution is -2.53. The number of nitrogens with one attached hydrogen (secondary N) is 1. The Bertz CT molecular complexity index is 640. The fraction of sp³-hybridized carbons (Fsp3) is 0.667. The molecule has 0 spiro atoms. The van der Waals surface area contributed by atoms with Gasteiger partial charge in [0.2, 0.25) is 5.91 Å². The van der Waals surface area contributed by atoms with Crippen LogP contribution in [0.4, 0.5) is 5.82 Å². The molecule has 2 aliphatic heterocycles. The van der Waals surface area contributed by atoms with E-state index in [1.54, 1.807) is 12.3 Å². The smallest absolute Gasteiger partial charge is 0.239 e. The number of hydrogen-bond acceptors (Lipinski definition) is 4. The van der Waals surface area contributed by atoms with Crippen LogP contribution in [0.1, 0.15) is 32.1 Å². The van der Waals surface area contributed by atoms with Crippen LogP contribution in [0, 0.1) is 5.92 Å². The number of carbonyl (C=O) groups is 1. The third kappa shape index (κ3) is 4.94. The maximum atomic E-state index is 12.9. The minimum absolute atomic E-state index is 0.